The number of rotatable bonds is 3. The van der Waals surface area contributed by atoms with Gasteiger partial charge in [0.15, 0.2) is 0 Å². The molecule has 1 heteroatoms. The van der Waals surface area contributed by atoms with Crippen LogP contribution in [0.5, 0.6) is 0 Å². The van der Waals surface area contributed by atoms with Crippen LogP contribution in [0.4, 0.5) is 0 Å². The zero-order valence-corrected chi connectivity index (χ0v) is 9.49. The molecule has 0 bridgehead atoms. The average molecular weight is 179 g/mol. The summed E-state index contributed by atoms with van der Waals surface area (Å²) in [7, 11) is 0. The molecular weight excluding hydrogens is 158 g/mol. The maximum Gasteiger partial charge on any atom is 0.0343 e. The third-order valence-electron chi connectivity index (χ3n) is 1.79. The highest BCUT2D eigenvalue weighted by Gasteiger charge is 2.18. The largest absolute Gasteiger partial charge is 0.360 e. The van der Waals surface area contributed by atoms with E-state index in [0.29, 0.717) is 0 Å². The molecule has 0 saturated heterocycles. The normalized spacial score (nSPS) is 12.5. The molecule has 0 aliphatic heterocycles. The van der Waals surface area contributed by atoms with Crippen LogP contribution in [0.2, 0.25) is 0 Å². The van der Waals surface area contributed by atoms with E-state index in [1.807, 2.05) is 13.8 Å². The fourth-order valence-corrected chi connectivity index (χ4v) is 1.38. The molecule has 74 valence electrons. The minimum absolute atomic E-state index is 0.133. The fourth-order valence-electron chi connectivity index (χ4n) is 1.38. The van der Waals surface area contributed by atoms with Crippen LogP contribution in [-0.2, 0) is 0 Å². The lowest BCUT2D eigenvalue weighted by atomic mass is 9.84. The minimum atomic E-state index is 0.133. The Hall–Kier alpha value is -0.980. The number of nitrogens with one attached hydrogen (secondary N) is 1. The summed E-state index contributed by atoms with van der Waals surface area (Å²) in [5, 5.41) is 3.14. The van der Waals surface area contributed by atoms with Crippen molar-refractivity contribution in [2.75, 3.05) is 0 Å². The van der Waals surface area contributed by atoms with Crippen molar-refractivity contribution in [3.8, 4) is 0 Å². The third kappa shape index (κ3) is 3.97. The van der Waals surface area contributed by atoms with Gasteiger partial charge in [0.25, 0.3) is 0 Å². The molecule has 0 fully saturated rings. The Bertz CT molecular complexity index is 238. The van der Waals surface area contributed by atoms with E-state index < -0.39 is 0 Å². The lowest BCUT2D eigenvalue weighted by Gasteiger charge is -2.25. The molecule has 0 atom stereocenters. The molecule has 0 unspecified atom stereocenters. The summed E-state index contributed by atoms with van der Waals surface area (Å²) in [6.45, 7) is 18.3. The number of allylic oxidation sites excluding steroid dienone is 3. The predicted octanol–water partition coefficient (Wildman–Crippen LogP) is 3.62. The van der Waals surface area contributed by atoms with E-state index in [1.165, 1.54) is 5.57 Å². The summed E-state index contributed by atoms with van der Waals surface area (Å²) in [4.78, 5) is 0. The van der Waals surface area contributed by atoms with E-state index >= 15 is 0 Å². The van der Waals surface area contributed by atoms with Crippen LogP contribution in [0.25, 0.3) is 0 Å². The van der Waals surface area contributed by atoms with Gasteiger partial charge in [-0.1, -0.05) is 40.0 Å². The van der Waals surface area contributed by atoms with E-state index in [1.54, 1.807) is 0 Å². The van der Waals surface area contributed by atoms with Crippen molar-refractivity contribution in [3.63, 3.8) is 0 Å². The molecule has 0 saturated carbocycles. The molecule has 0 amide bonds. The van der Waals surface area contributed by atoms with E-state index in [-0.39, 0.29) is 5.41 Å². The molecular formula is C12H21N. The van der Waals surface area contributed by atoms with Crippen molar-refractivity contribution in [2.45, 2.75) is 34.6 Å². The quantitative estimate of drug-likeness (QED) is 0.652. The first kappa shape index (κ1) is 12.0. The first-order chi connectivity index (χ1) is 5.79. The highest BCUT2D eigenvalue weighted by Crippen LogP contribution is 2.29. The molecule has 0 rings (SSSR count). The van der Waals surface area contributed by atoms with Crippen LogP contribution in [0.15, 0.2) is 36.2 Å². The van der Waals surface area contributed by atoms with Crippen LogP contribution in [0.3, 0.4) is 0 Å². The van der Waals surface area contributed by atoms with Crippen molar-refractivity contribution in [2.24, 2.45) is 5.41 Å². The molecule has 0 aromatic rings. The molecule has 13 heavy (non-hydrogen) atoms. The van der Waals surface area contributed by atoms with Gasteiger partial charge in [0.1, 0.15) is 0 Å². The Morgan fingerprint density at radius 3 is 1.92 bits per heavy atom. The van der Waals surface area contributed by atoms with E-state index in [0.717, 1.165) is 11.4 Å². The highest BCUT2D eigenvalue weighted by atomic mass is 14.9. The smallest absolute Gasteiger partial charge is 0.0343 e. The van der Waals surface area contributed by atoms with Crippen molar-refractivity contribution in [1.29, 1.82) is 0 Å². The van der Waals surface area contributed by atoms with Crippen LogP contribution in [0.1, 0.15) is 34.6 Å². The minimum Gasteiger partial charge on any atom is -0.360 e. The van der Waals surface area contributed by atoms with Crippen molar-refractivity contribution >= 4 is 0 Å². The van der Waals surface area contributed by atoms with Gasteiger partial charge in [-0.3, -0.25) is 0 Å². The lowest BCUT2D eigenvalue weighted by molar-refractivity contribution is 0.504. The Morgan fingerprint density at radius 1 is 1.23 bits per heavy atom. The lowest BCUT2D eigenvalue weighted by Crippen LogP contribution is -2.19. The van der Waals surface area contributed by atoms with E-state index in [9.17, 15) is 0 Å². The van der Waals surface area contributed by atoms with Gasteiger partial charge < -0.3 is 5.32 Å². The van der Waals surface area contributed by atoms with Gasteiger partial charge in [-0.25, -0.2) is 0 Å². The second-order valence-electron chi connectivity index (χ2n) is 4.34. The first-order valence-corrected chi connectivity index (χ1v) is 4.57. The monoisotopic (exact) mass is 179 g/mol. The summed E-state index contributed by atoms with van der Waals surface area (Å²) in [6.07, 6.45) is 2.10. The summed E-state index contributed by atoms with van der Waals surface area (Å²) in [6, 6.07) is 0. The van der Waals surface area contributed by atoms with Gasteiger partial charge in [0.2, 0.25) is 0 Å². The Kier molecular flexibility index (Phi) is 3.99. The zero-order chi connectivity index (χ0) is 10.6. The number of hydrogen-bond acceptors (Lipinski definition) is 1. The first-order valence-electron chi connectivity index (χ1n) is 4.57. The Labute approximate surface area is 82.2 Å². The predicted molar refractivity (Wildman–Crippen MR) is 60.3 cm³/mol. The van der Waals surface area contributed by atoms with Crippen LogP contribution < -0.4 is 5.32 Å². The van der Waals surface area contributed by atoms with E-state index in [2.05, 4.69) is 45.3 Å². The summed E-state index contributed by atoms with van der Waals surface area (Å²) >= 11 is 0. The van der Waals surface area contributed by atoms with Gasteiger partial charge in [0, 0.05) is 11.4 Å². The topological polar surface area (TPSA) is 12.0 Å². The Balaban J connectivity index is 4.64. The van der Waals surface area contributed by atoms with Gasteiger partial charge in [-0.15, -0.1) is 0 Å². The second kappa shape index (κ2) is 4.31. The van der Waals surface area contributed by atoms with Crippen LogP contribution >= 0.6 is 0 Å². The van der Waals surface area contributed by atoms with Gasteiger partial charge >= 0.3 is 0 Å². The molecule has 0 radical (unpaired) electrons. The van der Waals surface area contributed by atoms with Crippen LogP contribution in [-0.4, -0.2) is 0 Å². The van der Waals surface area contributed by atoms with Gasteiger partial charge in [0.05, 0.1) is 0 Å². The Morgan fingerprint density at radius 2 is 1.69 bits per heavy atom. The maximum absolute atomic E-state index is 3.99. The zero-order valence-electron chi connectivity index (χ0n) is 9.49. The second-order valence-corrected chi connectivity index (χ2v) is 4.34. The SMILES string of the molecule is C=C(C)NC(=C)/C(=C\C)C(C)(C)C. The molecule has 1 nitrogen and oxygen atoms in total. The molecule has 0 aliphatic rings. The summed E-state index contributed by atoms with van der Waals surface area (Å²) < 4.78 is 0. The maximum atomic E-state index is 3.99. The summed E-state index contributed by atoms with van der Waals surface area (Å²) in [5.74, 6) is 0. The van der Waals surface area contributed by atoms with Crippen molar-refractivity contribution in [3.05, 3.63) is 36.2 Å². The number of hydrogen-bond donors (Lipinski definition) is 1. The third-order valence-corrected chi connectivity index (χ3v) is 1.79. The van der Waals surface area contributed by atoms with E-state index in [4.69, 9.17) is 0 Å². The molecule has 0 heterocycles. The van der Waals surface area contributed by atoms with Gasteiger partial charge in [-0.05, 0) is 24.8 Å². The molecule has 0 spiro atoms. The summed E-state index contributed by atoms with van der Waals surface area (Å²) in [5.41, 5.74) is 3.24. The van der Waals surface area contributed by atoms with Crippen molar-refractivity contribution in [1.82, 2.24) is 5.32 Å². The van der Waals surface area contributed by atoms with Crippen molar-refractivity contribution < 1.29 is 0 Å². The molecule has 1 N–H and O–H groups in total. The molecule has 0 aliphatic carbocycles. The average Bonchev–Trinajstić information content (AvgIpc) is 1.82. The fraction of sp³-hybridized carbons (Fsp3) is 0.500. The van der Waals surface area contributed by atoms with Gasteiger partial charge in [-0.2, -0.15) is 0 Å². The van der Waals surface area contributed by atoms with Crippen LogP contribution in [0, 0.1) is 5.41 Å². The highest BCUT2D eigenvalue weighted by molar-refractivity contribution is 5.33. The standard InChI is InChI=1S/C12H21N/c1-8-11(12(5,6)7)10(4)13-9(2)3/h8,13H,2,4H2,1,3,5-7H3/b11-8+. The molecule has 0 aromatic carbocycles. The molecule has 0 aromatic heterocycles.